The average Bonchev–Trinajstić information content (AvgIpc) is 3.07. The molecule has 2 amide bonds. The van der Waals surface area contributed by atoms with Crippen LogP contribution in [0.2, 0.25) is 0 Å². The maximum absolute atomic E-state index is 12.2. The lowest BCUT2D eigenvalue weighted by Crippen LogP contribution is -2.19. The van der Waals surface area contributed by atoms with E-state index in [1.54, 1.807) is 24.3 Å². The number of nitrogens with zero attached hydrogens (tertiary/aromatic N) is 1. The van der Waals surface area contributed by atoms with Gasteiger partial charge in [-0.15, -0.1) is 11.3 Å². The molecule has 0 aliphatic carbocycles. The van der Waals surface area contributed by atoms with Crippen LogP contribution in [0.25, 0.3) is 10.2 Å². The molecule has 6 nitrogen and oxygen atoms in total. The molecule has 2 N–H and O–H groups in total. The van der Waals surface area contributed by atoms with E-state index in [9.17, 15) is 9.59 Å². The van der Waals surface area contributed by atoms with Crippen LogP contribution in [-0.2, 0) is 20.9 Å². The summed E-state index contributed by atoms with van der Waals surface area (Å²) in [6.45, 7) is 3.90. The van der Waals surface area contributed by atoms with Gasteiger partial charge < -0.3 is 15.4 Å². The fourth-order valence-corrected chi connectivity index (χ4v) is 3.39. The second-order valence-corrected chi connectivity index (χ2v) is 7.16. The molecule has 140 valence electrons. The first-order chi connectivity index (χ1) is 13.0. The van der Waals surface area contributed by atoms with Crippen molar-refractivity contribution in [3.63, 3.8) is 0 Å². The molecule has 0 spiro atoms. The summed E-state index contributed by atoms with van der Waals surface area (Å²) in [5.74, 6) is -0.325. The molecule has 0 aliphatic heterocycles. The molecular weight excluding hydrogens is 362 g/mol. The molecule has 0 radical (unpaired) electrons. The second kappa shape index (κ2) is 8.75. The highest BCUT2D eigenvalue weighted by atomic mass is 32.1. The Bertz CT molecular complexity index is 935. The number of benzene rings is 2. The molecule has 3 rings (SSSR count). The molecule has 0 fully saturated rings. The maximum Gasteiger partial charge on any atom is 0.250 e. The Morgan fingerprint density at radius 2 is 1.93 bits per heavy atom. The highest BCUT2D eigenvalue weighted by Gasteiger charge is 2.09. The Kier molecular flexibility index (Phi) is 6.16. The summed E-state index contributed by atoms with van der Waals surface area (Å²) >= 11 is 1.56. The number of fused-ring (bicyclic) bond motifs is 1. The van der Waals surface area contributed by atoms with E-state index >= 15 is 0 Å². The number of para-hydroxylation sites is 1. The van der Waals surface area contributed by atoms with Gasteiger partial charge in [-0.3, -0.25) is 9.59 Å². The standard InChI is InChI=1S/C20H21N3O3S/c1-3-18(24)21-14-9-8-13(2)16(10-14)22-19(25)11-26-12-20-23-15-6-4-5-7-17(15)27-20/h4-10H,3,11-12H2,1-2H3,(H,21,24)(H,22,25). The minimum Gasteiger partial charge on any atom is -0.364 e. The number of rotatable bonds is 7. The van der Waals surface area contributed by atoms with E-state index in [-0.39, 0.29) is 18.4 Å². The Labute approximate surface area is 161 Å². The SMILES string of the molecule is CCC(=O)Nc1ccc(C)c(NC(=O)COCc2nc3ccccc3s2)c1. The lowest BCUT2D eigenvalue weighted by atomic mass is 10.1. The molecule has 7 heteroatoms. The van der Waals surface area contributed by atoms with Crippen LogP contribution < -0.4 is 10.6 Å². The van der Waals surface area contributed by atoms with Gasteiger partial charge in [-0.05, 0) is 36.8 Å². The molecular formula is C20H21N3O3S. The molecule has 3 aromatic rings. The van der Waals surface area contributed by atoms with Gasteiger partial charge in [0.1, 0.15) is 11.6 Å². The average molecular weight is 383 g/mol. The molecule has 1 heterocycles. The van der Waals surface area contributed by atoms with Crippen LogP contribution in [0.5, 0.6) is 0 Å². The van der Waals surface area contributed by atoms with Crippen LogP contribution in [-0.4, -0.2) is 23.4 Å². The van der Waals surface area contributed by atoms with Crippen LogP contribution >= 0.6 is 11.3 Å². The van der Waals surface area contributed by atoms with E-state index in [0.29, 0.717) is 24.4 Å². The van der Waals surface area contributed by atoms with Gasteiger partial charge >= 0.3 is 0 Å². The summed E-state index contributed by atoms with van der Waals surface area (Å²) in [6, 6.07) is 13.3. The van der Waals surface area contributed by atoms with Crippen molar-refractivity contribution in [3.8, 4) is 0 Å². The van der Waals surface area contributed by atoms with Gasteiger partial charge in [-0.2, -0.15) is 0 Å². The third-order valence-corrected chi connectivity index (χ3v) is 4.92. The number of carbonyl (C=O) groups excluding carboxylic acids is 2. The quantitative estimate of drug-likeness (QED) is 0.643. The Balaban J connectivity index is 1.54. The van der Waals surface area contributed by atoms with Crippen molar-refractivity contribution in [3.05, 3.63) is 53.0 Å². The third kappa shape index (κ3) is 5.12. The normalized spacial score (nSPS) is 10.7. The predicted molar refractivity (Wildman–Crippen MR) is 108 cm³/mol. The van der Waals surface area contributed by atoms with E-state index in [0.717, 1.165) is 20.8 Å². The summed E-state index contributed by atoms with van der Waals surface area (Å²) < 4.78 is 6.60. The zero-order chi connectivity index (χ0) is 19.2. The van der Waals surface area contributed by atoms with Gasteiger partial charge in [-0.1, -0.05) is 25.1 Å². The summed E-state index contributed by atoms with van der Waals surface area (Å²) in [4.78, 5) is 28.2. The molecule has 2 aromatic carbocycles. The van der Waals surface area contributed by atoms with Crippen molar-refractivity contribution in [1.82, 2.24) is 4.98 Å². The maximum atomic E-state index is 12.2. The molecule has 0 unspecified atom stereocenters. The van der Waals surface area contributed by atoms with Gasteiger partial charge in [0.05, 0.1) is 16.8 Å². The Hall–Kier alpha value is -2.77. The summed E-state index contributed by atoms with van der Waals surface area (Å²) in [5, 5.41) is 6.44. The number of anilines is 2. The van der Waals surface area contributed by atoms with Crippen molar-refractivity contribution in [1.29, 1.82) is 0 Å². The van der Waals surface area contributed by atoms with Gasteiger partial charge in [0.2, 0.25) is 11.8 Å². The number of aromatic nitrogens is 1. The lowest BCUT2D eigenvalue weighted by molar-refractivity contribution is -0.121. The van der Waals surface area contributed by atoms with Gasteiger partial charge in [0.25, 0.3) is 0 Å². The summed E-state index contributed by atoms with van der Waals surface area (Å²) in [5.41, 5.74) is 3.15. The largest absolute Gasteiger partial charge is 0.364 e. The van der Waals surface area contributed by atoms with Crippen molar-refractivity contribution in [2.24, 2.45) is 0 Å². The predicted octanol–water partition coefficient (Wildman–Crippen LogP) is 4.11. The first kappa shape index (κ1) is 19.0. The Morgan fingerprint density at radius 1 is 1.11 bits per heavy atom. The van der Waals surface area contributed by atoms with Crippen LogP contribution in [0.4, 0.5) is 11.4 Å². The molecule has 1 aromatic heterocycles. The zero-order valence-corrected chi connectivity index (χ0v) is 16.1. The van der Waals surface area contributed by atoms with E-state index in [4.69, 9.17) is 4.74 Å². The number of hydrogen-bond donors (Lipinski definition) is 2. The molecule has 0 atom stereocenters. The molecule has 0 aliphatic rings. The molecule has 0 saturated heterocycles. The van der Waals surface area contributed by atoms with E-state index in [1.165, 1.54) is 0 Å². The van der Waals surface area contributed by atoms with Gasteiger partial charge in [0, 0.05) is 17.8 Å². The highest BCUT2D eigenvalue weighted by Crippen LogP contribution is 2.22. The topological polar surface area (TPSA) is 80.3 Å². The van der Waals surface area contributed by atoms with Crippen molar-refractivity contribution in [2.75, 3.05) is 17.2 Å². The van der Waals surface area contributed by atoms with Crippen LogP contribution in [0.15, 0.2) is 42.5 Å². The Morgan fingerprint density at radius 3 is 2.70 bits per heavy atom. The van der Waals surface area contributed by atoms with E-state index < -0.39 is 0 Å². The first-order valence-corrected chi connectivity index (χ1v) is 9.49. The van der Waals surface area contributed by atoms with Crippen molar-refractivity contribution >= 4 is 44.7 Å². The number of nitrogens with one attached hydrogen (secondary N) is 2. The van der Waals surface area contributed by atoms with Crippen LogP contribution in [0, 0.1) is 6.92 Å². The number of hydrogen-bond acceptors (Lipinski definition) is 5. The van der Waals surface area contributed by atoms with E-state index in [2.05, 4.69) is 15.6 Å². The molecule has 0 bridgehead atoms. The minimum absolute atomic E-state index is 0.0685. The second-order valence-electron chi connectivity index (χ2n) is 6.05. The van der Waals surface area contributed by atoms with Crippen molar-refractivity contribution < 1.29 is 14.3 Å². The number of aryl methyl sites for hydroxylation is 1. The number of carbonyl (C=O) groups is 2. The fraction of sp³-hybridized carbons (Fsp3) is 0.250. The van der Waals surface area contributed by atoms with Gasteiger partial charge in [-0.25, -0.2) is 4.98 Å². The lowest BCUT2D eigenvalue weighted by Gasteiger charge is -2.11. The van der Waals surface area contributed by atoms with Crippen LogP contribution in [0.1, 0.15) is 23.9 Å². The van der Waals surface area contributed by atoms with Crippen molar-refractivity contribution in [2.45, 2.75) is 26.9 Å². The summed E-state index contributed by atoms with van der Waals surface area (Å²) in [7, 11) is 0. The zero-order valence-electron chi connectivity index (χ0n) is 15.2. The smallest absolute Gasteiger partial charge is 0.250 e. The van der Waals surface area contributed by atoms with Crippen LogP contribution in [0.3, 0.4) is 0 Å². The van der Waals surface area contributed by atoms with Gasteiger partial charge in [0.15, 0.2) is 0 Å². The number of thiazole rings is 1. The minimum atomic E-state index is -0.252. The van der Waals surface area contributed by atoms with E-state index in [1.807, 2.05) is 43.3 Å². The highest BCUT2D eigenvalue weighted by molar-refractivity contribution is 7.18. The third-order valence-electron chi connectivity index (χ3n) is 3.91. The first-order valence-electron chi connectivity index (χ1n) is 8.67. The summed E-state index contributed by atoms with van der Waals surface area (Å²) in [6.07, 6.45) is 0.398. The number of ether oxygens (including phenoxy) is 1. The fourth-order valence-electron chi connectivity index (χ4n) is 2.48. The monoisotopic (exact) mass is 383 g/mol. The molecule has 27 heavy (non-hydrogen) atoms. The molecule has 0 saturated carbocycles. The number of amides is 2.